The van der Waals surface area contributed by atoms with E-state index in [2.05, 4.69) is 30.1 Å². The Morgan fingerprint density at radius 2 is 1.67 bits per heavy atom. The number of aromatic nitrogens is 3. The van der Waals surface area contributed by atoms with E-state index in [0.29, 0.717) is 59.5 Å². The molecule has 232 valence electrons. The lowest BCUT2D eigenvalue weighted by atomic mass is 10.1. The van der Waals surface area contributed by atoms with Gasteiger partial charge in [0.15, 0.2) is 0 Å². The van der Waals surface area contributed by atoms with Crippen molar-refractivity contribution in [1.29, 1.82) is 0 Å². The second-order valence-electron chi connectivity index (χ2n) is 12.2. The molecule has 0 spiro atoms. The van der Waals surface area contributed by atoms with E-state index in [-0.39, 0.29) is 31.2 Å². The summed E-state index contributed by atoms with van der Waals surface area (Å²) in [5.41, 5.74) is 2.97. The van der Waals surface area contributed by atoms with Crippen LogP contribution in [0.4, 0.5) is 39.1 Å². The molecule has 4 heterocycles. The van der Waals surface area contributed by atoms with E-state index in [0.717, 1.165) is 6.04 Å². The molecule has 0 unspecified atom stereocenters. The standard InChI is InChI=1S/C29H36F5N7OSi/c1-18-25-20(15-23(35-18)40-11-9-39(10-12-40)16-29(32,33)34)27-26(19(2)38-41(27)17-42-13-14-43(3,4)5)37-28(36-25)24-21(30)7-6-8-22(24)31/h6-8,15H,9-14,16-17H2,1-5H3,(H,36,37). The number of nitrogens with one attached hydrogen (secondary N) is 1. The Hall–Kier alpha value is -3.36. The molecule has 8 nitrogen and oxygen atoms in total. The minimum absolute atomic E-state index is 0.0173. The maximum atomic E-state index is 15.0. The maximum absolute atomic E-state index is 15.0. The summed E-state index contributed by atoms with van der Waals surface area (Å²) in [5, 5.41) is 7.83. The molecule has 2 aliphatic heterocycles. The van der Waals surface area contributed by atoms with E-state index in [4.69, 9.17) is 14.7 Å². The van der Waals surface area contributed by atoms with Crippen molar-refractivity contribution < 1.29 is 26.7 Å². The number of nitrogens with zero attached hydrogens (tertiary/aromatic N) is 6. The lowest BCUT2D eigenvalue weighted by Crippen LogP contribution is -2.49. The molecule has 0 bridgehead atoms. The molecular formula is C29H36F5N7OSi. The van der Waals surface area contributed by atoms with Crippen molar-refractivity contribution >= 4 is 31.1 Å². The molecule has 1 saturated heterocycles. The summed E-state index contributed by atoms with van der Waals surface area (Å²) >= 11 is 0. The topological polar surface area (TPSA) is 70.8 Å². The highest BCUT2D eigenvalue weighted by atomic mass is 28.3. The summed E-state index contributed by atoms with van der Waals surface area (Å²) in [6.07, 6.45) is -4.26. The first-order valence-corrected chi connectivity index (χ1v) is 17.9. The number of rotatable bonds is 8. The van der Waals surface area contributed by atoms with Gasteiger partial charge in [0.1, 0.15) is 35.7 Å². The Morgan fingerprint density at radius 1 is 1.00 bits per heavy atom. The Bertz CT molecular complexity index is 1500. The molecule has 0 aliphatic carbocycles. The summed E-state index contributed by atoms with van der Waals surface area (Å²) in [7, 11) is -1.33. The van der Waals surface area contributed by atoms with Gasteiger partial charge in [-0.2, -0.15) is 18.3 Å². The molecule has 0 amide bonds. The summed E-state index contributed by atoms with van der Waals surface area (Å²) in [6, 6.07) is 6.44. The number of fused-ring (bicyclic) bond motifs is 3. The van der Waals surface area contributed by atoms with Gasteiger partial charge in [-0.1, -0.05) is 25.7 Å². The number of pyridine rings is 1. The fourth-order valence-electron chi connectivity index (χ4n) is 5.25. The van der Waals surface area contributed by atoms with E-state index in [1.54, 1.807) is 18.5 Å². The van der Waals surface area contributed by atoms with Crippen molar-refractivity contribution in [2.75, 3.05) is 49.5 Å². The van der Waals surface area contributed by atoms with Gasteiger partial charge in [0.25, 0.3) is 0 Å². The predicted octanol–water partition coefficient (Wildman–Crippen LogP) is 6.34. The third kappa shape index (κ3) is 7.07. The number of aryl methyl sites for hydroxylation is 2. The van der Waals surface area contributed by atoms with E-state index < -0.39 is 32.4 Å². The van der Waals surface area contributed by atoms with Crippen molar-refractivity contribution in [1.82, 2.24) is 19.7 Å². The minimum Gasteiger partial charge on any atom is -0.360 e. The van der Waals surface area contributed by atoms with Crippen LogP contribution in [0.1, 0.15) is 17.0 Å². The van der Waals surface area contributed by atoms with Crippen LogP contribution in [0, 0.1) is 25.5 Å². The van der Waals surface area contributed by atoms with E-state index in [1.165, 1.54) is 23.1 Å². The number of alkyl halides is 3. The quantitative estimate of drug-likeness (QED) is 0.180. The molecule has 2 aromatic heterocycles. The van der Waals surface area contributed by atoms with Crippen LogP contribution in [0.25, 0.3) is 11.3 Å². The molecule has 43 heavy (non-hydrogen) atoms. The second-order valence-corrected chi connectivity index (χ2v) is 17.8. The Morgan fingerprint density at radius 3 is 2.30 bits per heavy atom. The van der Waals surface area contributed by atoms with Crippen LogP contribution in [-0.4, -0.2) is 79.1 Å². The normalized spacial score (nSPS) is 16.0. The highest BCUT2D eigenvalue weighted by Crippen LogP contribution is 2.43. The first-order valence-electron chi connectivity index (χ1n) is 14.2. The summed E-state index contributed by atoms with van der Waals surface area (Å²) in [4.78, 5) is 12.8. The van der Waals surface area contributed by atoms with Crippen LogP contribution in [0.2, 0.25) is 25.7 Å². The van der Waals surface area contributed by atoms with Crippen molar-refractivity contribution in [2.45, 2.75) is 52.4 Å². The van der Waals surface area contributed by atoms with Gasteiger partial charge in [-0.25, -0.2) is 23.4 Å². The van der Waals surface area contributed by atoms with E-state index in [9.17, 15) is 22.0 Å². The average molecular weight is 622 g/mol. The molecular weight excluding hydrogens is 585 g/mol. The maximum Gasteiger partial charge on any atom is 0.401 e. The summed E-state index contributed by atoms with van der Waals surface area (Å²) < 4.78 is 76.5. The molecule has 1 N–H and O–H groups in total. The van der Waals surface area contributed by atoms with Gasteiger partial charge in [-0.3, -0.25) is 4.90 Å². The second kappa shape index (κ2) is 12.0. The lowest BCUT2D eigenvalue weighted by Gasteiger charge is -2.36. The zero-order valence-corrected chi connectivity index (χ0v) is 25.9. The van der Waals surface area contributed by atoms with Gasteiger partial charge in [0.05, 0.1) is 34.9 Å². The highest BCUT2D eigenvalue weighted by Gasteiger charge is 2.33. The minimum atomic E-state index is -4.26. The summed E-state index contributed by atoms with van der Waals surface area (Å²) in [5.74, 6) is -0.970. The number of aliphatic imine (C=N–C) groups is 1. The Labute approximate surface area is 248 Å². The van der Waals surface area contributed by atoms with Crippen molar-refractivity contribution in [3.8, 4) is 11.3 Å². The van der Waals surface area contributed by atoms with Gasteiger partial charge in [0, 0.05) is 46.4 Å². The number of benzene rings is 1. The molecule has 0 atom stereocenters. The van der Waals surface area contributed by atoms with E-state index in [1.807, 2.05) is 11.0 Å². The van der Waals surface area contributed by atoms with Gasteiger partial charge < -0.3 is 15.0 Å². The first-order chi connectivity index (χ1) is 20.2. The molecule has 1 aromatic carbocycles. The molecule has 2 aliphatic rings. The third-order valence-corrected chi connectivity index (χ3v) is 9.22. The average Bonchev–Trinajstić information content (AvgIpc) is 3.09. The SMILES string of the molecule is Cc1nn(COCC[Si](C)(C)C)c2c1N=C(c1c(F)cccc1F)Nc1c-2cc(N2CCN(CC(F)(F)F)CC2)nc1C. The fourth-order valence-corrected chi connectivity index (χ4v) is 6.00. The third-order valence-electron chi connectivity index (χ3n) is 7.51. The van der Waals surface area contributed by atoms with Gasteiger partial charge in [0.2, 0.25) is 0 Å². The Balaban J connectivity index is 1.56. The number of anilines is 2. The Kier molecular flexibility index (Phi) is 8.65. The van der Waals surface area contributed by atoms with E-state index >= 15 is 0 Å². The zero-order valence-electron chi connectivity index (χ0n) is 24.9. The van der Waals surface area contributed by atoms with Crippen LogP contribution in [-0.2, 0) is 11.5 Å². The number of hydrogen-bond donors (Lipinski definition) is 1. The lowest BCUT2D eigenvalue weighted by molar-refractivity contribution is -0.146. The monoisotopic (exact) mass is 621 g/mol. The molecule has 14 heteroatoms. The van der Waals surface area contributed by atoms with Gasteiger partial charge in [-0.05, 0) is 38.1 Å². The van der Waals surface area contributed by atoms with Crippen molar-refractivity contribution in [3.05, 3.63) is 52.9 Å². The number of hydrogen-bond acceptors (Lipinski definition) is 7. The fraction of sp³-hybridized carbons (Fsp3) is 0.483. The summed E-state index contributed by atoms with van der Waals surface area (Å²) in [6.45, 7) is 11.3. The van der Waals surface area contributed by atoms with Crippen molar-refractivity contribution in [3.63, 3.8) is 0 Å². The van der Waals surface area contributed by atoms with Gasteiger partial charge in [-0.15, -0.1) is 0 Å². The van der Waals surface area contributed by atoms with Crippen LogP contribution >= 0.6 is 0 Å². The smallest absolute Gasteiger partial charge is 0.360 e. The first kappa shape index (κ1) is 31.1. The highest BCUT2D eigenvalue weighted by molar-refractivity contribution is 6.76. The van der Waals surface area contributed by atoms with Crippen molar-refractivity contribution in [2.24, 2.45) is 4.99 Å². The molecule has 0 radical (unpaired) electrons. The van der Waals surface area contributed by atoms with Crippen LogP contribution in [0.3, 0.4) is 0 Å². The predicted molar refractivity (Wildman–Crippen MR) is 160 cm³/mol. The number of halogens is 5. The number of amidine groups is 1. The molecule has 0 saturated carbocycles. The van der Waals surface area contributed by atoms with Crippen LogP contribution in [0.15, 0.2) is 29.3 Å². The van der Waals surface area contributed by atoms with Gasteiger partial charge >= 0.3 is 6.18 Å². The largest absolute Gasteiger partial charge is 0.401 e. The molecule has 1 fully saturated rings. The number of piperazine rings is 1. The molecule has 5 rings (SSSR count). The molecule has 3 aromatic rings. The van der Waals surface area contributed by atoms with Crippen LogP contribution in [0.5, 0.6) is 0 Å². The zero-order chi connectivity index (χ0) is 31.1. The number of ether oxygens (including phenoxy) is 1. The van der Waals surface area contributed by atoms with Crippen LogP contribution < -0.4 is 10.2 Å².